The van der Waals surface area contributed by atoms with Crippen LogP contribution in [0.3, 0.4) is 0 Å². The van der Waals surface area contributed by atoms with Gasteiger partial charge >= 0.3 is 0 Å². The van der Waals surface area contributed by atoms with Crippen LogP contribution in [0.5, 0.6) is 0 Å². The van der Waals surface area contributed by atoms with Gasteiger partial charge in [0.2, 0.25) is 0 Å². The van der Waals surface area contributed by atoms with E-state index >= 15 is 0 Å². The van der Waals surface area contributed by atoms with E-state index in [2.05, 4.69) is 55.0 Å². The predicted octanol–water partition coefficient (Wildman–Crippen LogP) is 4.38. The zero-order valence-electron chi connectivity index (χ0n) is 14.7. The minimum Gasteiger partial charge on any atom is -0.360 e. The van der Waals surface area contributed by atoms with Crippen molar-refractivity contribution in [1.29, 1.82) is 0 Å². The molecular formula is C20H21N5. The Morgan fingerprint density at radius 1 is 1.08 bits per heavy atom. The maximum Gasteiger partial charge on any atom is 0.165 e. The third-order valence-corrected chi connectivity index (χ3v) is 4.23. The highest BCUT2D eigenvalue weighted by Gasteiger charge is 2.15. The number of nitrogens with zero attached hydrogens (tertiary/aromatic N) is 4. The first kappa shape index (κ1) is 15.6. The topological polar surface area (TPSA) is 59.4 Å². The summed E-state index contributed by atoms with van der Waals surface area (Å²) in [7, 11) is 0. The second-order valence-electron chi connectivity index (χ2n) is 6.49. The van der Waals surface area contributed by atoms with Crippen molar-refractivity contribution in [2.45, 2.75) is 33.6 Å². The smallest absolute Gasteiger partial charge is 0.165 e. The largest absolute Gasteiger partial charge is 0.360 e. The number of fused-ring (bicyclic) bond motifs is 1. The average molecular weight is 331 g/mol. The molecule has 0 radical (unpaired) electrons. The average Bonchev–Trinajstić information content (AvgIpc) is 3.20. The van der Waals surface area contributed by atoms with Crippen molar-refractivity contribution in [3.63, 3.8) is 0 Å². The van der Waals surface area contributed by atoms with Crippen molar-refractivity contribution in [3.8, 4) is 17.1 Å². The molecular weight excluding hydrogens is 310 g/mol. The van der Waals surface area contributed by atoms with Crippen LogP contribution in [0.1, 0.15) is 30.3 Å². The number of aromatic nitrogens is 5. The zero-order valence-corrected chi connectivity index (χ0v) is 14.7. The molecule has 126 valence electrons. The molecule has 4 rings (SSSR count). The van der Waals surface area contributed by atoms with E-state index in [-0.39, 0.29) is 0 Å². The Morgan fingerprint density at radius 2 is 1.88 bits per heavy atom. The Kier molecular flexibility index (Phi) is 3.84. The Morgan fingerprint density at radius 3 is 2.64 bits per heavy atom. The van der Waals surface area contributed by atoms with E-state index in [0.29, 0.717) is 0 Å². The maximum absolute atomic E-state index is 4.80. The van der Waals surface area contributed by atoms with Crippen molar-refractivity contribution >= 4 is 11.0 Å². The summed E-state index contributed by atoms with van der Waals surface area (Å²) in [4.78, 5) is 12.5. The number of hydrogen-bond donors (Lipinski definition) is 1. The number of nitrogens with one attached hydrogen (secondary N) is 1. The molecule has 5 heteroatoms. The first-order valence-corrected chi connectivity index (χ1v) is 8.62. The Hall–Kier alpha value is -2.95. The van der Waals surface area contributed by atoms with Gasteiger partial charge in [-0.05, 0) is 55.7 Å². The van der Waals surface area contributed by atoms with Crippen molar-refractivity contribution in [2.75, 3.05) is 0 Å². The highest BCUT2D eigenvalue weighted by molar-refractivity contribution is 5.79. The number of aromatic amines is 1. The molecule has 25 heavy (non-hydrogen) atoms. The summed E-state index contributed by atoms with van der Waals surface area (Å²) in [5, 5.41) is 4.76. The SMILES string of the molecule is CCCc1nc(-c2cnc3cc[nH]c3c2)n(-c2cc(C)cc(C)c2)n1. The second-order valence-corrected chi connectivity index (χ2v) is 6.49. The fraction of sp³-hybridized carbons (Fsp3) is 0.250. The lowest BCUT2D eigenvalue weighted by atomic mass is 10.1. The van der Waals surface area contributed by atoms with Gasteiger partial charge in [0, 0.05) is 24.4 Å². The number of benzene rings is 1. The molecule has 0 saturated carbocycles. The Labute approximate surface area is 146 Å². The predicted molar refractivity (Wildman–Crippen MR) is 99.9 cm³/mol. The lowest BCUT2D eigenvalue weighted by molar-refractivity contribution is 0.800. The summed E-state index contributed by atoms with van der Waals surface area (Å²) in [6, 6.07) is 10.5. The highest BCUT2D eigenvalue weighted by atomic mass is 15.4. The Balaban J connectivity index is 1.90. The van der Waals surface area contributed by atoms with E-state index < -0.39 is 0 Å². The van der Waals surface area contributed by atoms with Gasteiger partial charge in [-0.15, -0.1) is 0 Å². The minimum atomic E-state index is 0.831. The van der Waals surface area contributed by atoms with Gasteiger partial charge in [0.05, 0.1) is 16.7 Å². The van der Waals surface area contributed by atoms with E-state index in [9.17, 15) is 0 Å². The van der Waals surface area contributed by atoms with Crippen molar-refractivity contribution in [3.05, 3.63) is 59.7 Å². The van der Waals surface area contributed by atoms with E-state index in [1.807, 2.05) is 23.1 Å². The van der Waals surface area contributed by atoms with E-state index in [1.165, 1.54) is 11.1 Å². The molecule has 0 aliphatic rings. The molecule has 0 atom stereocenters. The fourth-order valence-electron chi connectivity index (χ4n) is 3.18. The molecule has 0 amide bonds. The molecule has 1 N–H and O–H groups in total. The van der Waals surface area contributed by atoms with Crippen LogP contribution in [-0.4, -0.2) is 24.7 Å². The van der Waals surface area contributed by atoms with Crippen LogP contribution in [0.4, 0.5) is 0 Å². The molecule has 0 saturated heterocycles. The monoisotopic (exact) mass is 331 g/mol. The van der Waals surface area contributed by atoms with Crippen LogP contribution >= 0.6 is 0 Å². The van der Waals surface area contributed by atoms with Gasteiger partial charge in [0.25, 0.3) is 0 Å². The number of H-pyrrole nitrogens is 1. The lowest BCUT2D eigenvalue weighted by Gasteiger charge is -2.08. The van der Waals surface area contributed by atoms with Crippen LogP contribution in [-0.2, 0) is 6.42 Å². The summed E-state index contributed by atoms with van der Waals surface area (Å²) in [5.74, 6) is 1.70. The molecule has 0 unspecified atom stereocenters. The van der Waals surface area contributed by atoms with Gasteiger partial charge < -0.3 is 4.98 Å². The van der Waals surface area contributed by atoms with Crippen LogP contribution in [0.25, 0.3) is 28.1 Å². The van der Waals surface area contributed by atoms with Crippen LogP contribution in [0, 0.1) is 13.8 Å². The Bertz CT molecular complexity index is 1020. The number of rotatable bonds is 4. The quantitative estimate of drug-likeness (QED) is 0.604. The van der Waals surface area contributed by atoms with Gasteiger partial charge in [-0.3, -0.25) is 4.98 Å². The van der Waals surface area contributed by atoms with E-state index in [1.54, 1.807) is 0 Å². The highest BCUT2D eigenvalue weighted by Crippen LogP contribution is 2.24. The van der Waals surface area contributed by atoms with Crippen molar-refractivity contribution in [1.82, 2.24) is 24.7 Å². The molecule has 0 aliphatic carbocycles. The van der Waals surface area contributed by atoms with E-state index in [4.69, 9.17) is 10.1 Å². The number of hydrogen-bond acceptors (Lipinski definition) is 3. The van der Waals surface area contributed by atoms with Crippen LogP contribution in [0.2, 0.25) is 0 Å². The molecule has 0 spiro atoms. The summed E-state index contributed by atoms with van der Waals surface area (Å²) in [6.45, 7) is 6.35. The first-order valence-electron chi connectivity index (χ1n) is 8.62. The summed E-state index contributed by atoms with van der Waals surface area (Å²) in [5.41, 5.74) is 6.38. The van der Waals surface area contributed by atoms with Gasteiger partial charge in [0.1, 0.15) is 0 Å². The zero-order chi connectivity index (χ0) is 17.4. The van der Waals surface area contributed by atoms with Gasteiger partial charge in [-0.25, -0.2) is 9.67 Å². The first-order chi connectivity index (χ1) is 12.1. The van der Waals surface area contributed by atoms with Crippen molar-refractivity contribution < 1.29 is 0 Å². The molecule has 3 aromatic heterocycles. The third kappa shape index (κ3) is 2.93. The van der Waals surface area contributed by atoms with Gasteiger partial charge in [-0.1, -0.05) is 13.0 Å². The molecule has 0 bridgehead atoms. The molecule has 4 aromatic rings. The summed E-state index contributed by atoms with van der Waals surface area (Å²) < 4.78 is 1.94. The molecule has 5 nitrogen and oxygen atoms in total. The molecule has 0 aliphatic heterocycles. The van der Waals surface area contributed by atoms with Gasteiger partial charge in [0.15, 0.2) is 11.6 Å². The molecule has 0 fully saturated rings. The maximum atomic E-state index is 4.80. The van der Waals surface area contributed by atoms with Crippen molar-refractivity contribution in [2.24, 2.45) is 0 Å². The second kappa shape index (κ2) is 6.16. The van der Waals surface area contributed by atoms with Gasteiger partial charge in [-0.2, -0.15) is 5.10 Å². The minimum absolute atomic E-state index is 0.831. The third-order valence-electron chi connectivity index (χ3n) is 4.23. The molecule has 3 heterocycles. The van der Waals surface area contributed by atoms with Crippen LogP contribution in [0.15, 0.2) is 42.7 Å². The standard InChI is InChI=1S/C20H21N5/c1-4-5-19-23-20(15-11-18-17(22-12-15)6-7-21-18)25(24-19)16-9-13(2)8-14(3)10-16/h6-12,21H,4-5H2,1-3H3. The lowest BCUT2D eigenvalue weighted by Crippen LogP contribution is -2.01. The van der Waals surface area contributed by atoms with E-state index in [0.717, 1.165) is 46.8 Å². The normalized spacial score (nSPS) is 11.3. The summed E-state index contributed by atoms with van der Waals surface area (Å²) >= 11 is 0. The summed E-state index contributed by atoms with van der Waals surface area (Å²) in [6.07, 6.45) is 5.65. The number of aryl methyl sites for hydroxylation is 3. The molecule has 1 aromatic carbocycles. The number of pyridine rings is 1. The fourth-order valence-corrected chi connectivity index (χ4v) is 3.18. The van der Waals surface area contributed by atoms with Crippen LogP contribution < -0.4 is 0 Å².